The highest BCUT2D eigenvalue weighted by Gasteiger charge is 2.03. The van der Waals surface area contributed by atoms with Crippen molar-refractivity contribution >= 4 is 23.0 Å². The van der Waals surface area contributed by atoms with Gasteiger partial charge in [0.1, 0.15) is 11.6 Å². The van der Waals surface area contributed by atoms with Crippen LogP contribution in [0.1, 0.15) is 31.4 Å². The van der Waals surface area contributed by atoms with Gasteiger partial charge in [0.05, 0.1) is 5.02 Å². The van der Waals surface area contributed by atoms with E-state index in [4.69, 9.17) is 11.6 Å². The monoisotopic (exact) mass is 401 g/mol. The molecule has 0 fully saturated rings. The van der Waals surface area contributed by atoms with Gasteiger partial charge in [-0.2, -0.15) is 0 Å². The minimum Gasteiger partial charge on any atom is -0.373 e. The summed E-state index contributed by atoms with van der Waals surface area (Å²) in [5.41, 5.74) is 2.94. The minimum absolute atomic E-state index is 0.210. The third-order valence-corrected chi connectivity index (χ3v) is 4.09. The van der Waals surface area contributed by atoms with Gasteiger partial charge >= 0.3 is 0 Å². The van der Waals surface area contributed by atoms with E-state index in [1.54, 1.807) is 12.3 Å². The summed E-state index contributed by atoms with van der Waals surface area (Å²) in [4.78, 5) is 4.17. The van der Waals surface area contributed by atoms with E-state index in [9.17, 15) is 4.39 Å². The summed E-state index contributed by atoms with van der Waals surface area (Å²) >= 11 is 6.19. The molecule has 2 N–H and O–H groups in total. The Kier molecular flexibility index (Phi) is 11.5. The lowest BCUT2D eigenvalue weighted by Gasteiger charge is -2.06. The highest BCUT2D eigenvalue weighted by Crippen LogP contribution is 2.25. The number of benzene rings is 1. The molecule has 0 saturated heterocycles. The van der Waals surface area contributed by atoms with Crippen LogP contribution in [0.4, 0.5) is 10.2 Å². The standard InChI is InChI=1S/C19H21ClFN3.C4H8/c1-14(17-11-19(22-2)24-13-18(17)20)6-3-4-9-23-12-15-7-5-8-16(21)10-15;1-3-4-2/h3-8,10-11,13,23H,9,12H2,1-2H3,(H,22,24);3H,1,4H2,2H3/b4-3-,14-6+;. The Bertz CT molecular complexity index is 800. The third-order valence-electron chi connectivity index (χ3n) is 3.79. The first-order chi connectivity index (χ1) is 13.5. The fourth-order valence-electron chi connectivity index (χ4n) is 2.19. The van der Waals surface area contributed by atoms with E-state index in [2.05, 4.69) is 29.1 Å². The van der Waals surface area contributed by atoms with Crippen LogP contribution in [0.2, 0.25) is 5.02 Å². The number of allylic oxidation sites excluding steroid dienone is 4. The largest absolute Gasteiger partial charge is 0.373 e. The molecule has 0 aliphatic carbocycles. The van der Waals surface area contributed by atoms with E-state index in [1.807, 2.05) is 50.4 Å². The van der Waals surface area contributed by atoms with E-state index in [0.29, 0.717) is 18.1 Å². The molecule has 0 bridgehead atoms. The summed E-state index contributed by atoms with van der Waals surface area (Å²) in [6.07, 6.45) is 10.6. The normalized spacial score (nSPS) is 11.1. The first-order valence-corrected chi connectivity index (χ1v) is 9.62. The number of anilines is 1. The number of nitrogens with zero attached hydrogens (tertiary/aromatic N) is 1. The first kappa shape index (κ1) is 23.6. The third kappa shape index (κ3) is 8.98. The number of nitrogens with one attached hydrogen (secondary N) is 2. The fourth-order valence-corrected chi connectivity index (χ4v) is 2.45. The van der Waals surface area contributed by atoms with Crippen molar-refractivity contribution in [3.8, 4) is 0 Å². The molecule has 0 aliphatic rings. The van der Waals surface area contributed by atoms with Gasteiger partial charge in [0, 0.05) is 31.9 Å². The Hall–Kier alpha value is -2.43. The van der Waals surface area contributed by atoms with Crippen LogP contribution >= 0.6 is 11.6 Å². The molecule has 0 unspecified atom stereocenters. The van der Waals surface area contributed by atoms with Gasteiger partial charge in [-0.3, -0.25) is 0 Å². The molecular formula is C23H29ClFN3. The van der Waals surface area contributed by atoms with Gasteiger partial charge in [-0.05, 0) is 42.7 Å². The van der Waals surface area contributed by atoms with Crippen LogP contribution in [-0.2, 0) is 6.54 Å². The molecule has 5 heteroatoms. The van der Waals surface area contributed by atoms with Crippen LogP contribution in [0.25, 0.3) is 5.57 Å². The first-order valence-electron chi connectivity index (χ1n) is 9.25. The number of halogens is 2. The lowest BCUT2D eigenvalue weighted by molar-refractivity contribution is 0.623. The molecule has 0 saturated carbocycles. The Balaban J connectivity index is 0.000000892. The van der Waals surface area contributed by atoms with Crippen LogP contribution in [0, 0.1) is 5.82 Å². The van der Waals surface area contributed by atoms with Gasteiger partial charge in [-0.25, -0.2) is 9.37 Å². The Morgan fingerprint density at radius 3 is 2.71 bits per heavy atom. The molecule has 0 atom stereocenters. The molecular weight excluding hydrogens is 373 g/mol. The van der Waals surface area contributed by atoms with Crippen molar-refractivity contribution in [1.29, 1.82) is 0 Å². The topological polar surface area (TPSA) is 37.0 Å². The van der Waals surface area contributed by atoms with Gasteiger partial charge < -0.3 is 10.6 Å². The molecule has 2 aromatic rings. The zero-order valence-corrected chi connectivity index (χ0v) is 17.6. The molecule has 150 valence electrons. The predicted molar refractivity (Wildman–Crippen MR) is 120 cm³/mol. The zero-order valence-electron chi connectivity index (χ0n) is 16.8. The van der Waals surface area contributed by atoms with Crippen LogP contribution < -0.4 is 10.6 Å². The Morgan fingerprint density at radius 1 is 1.32 bits per heavy atom. The van der Waals surface area contributed by atoms with Crippen molar-refractivity contribution in [2.24, 2.45) is 0 Å². The van der Waals surface area contributed by atoms with E-state index < -0.39 is 0 Å². The smallest absolute Gasteiger partial charge is 0.126 e. The number of aromatic nitrogens is 1. The summed E-state index contributed by atoms with van der Waals surface area (Å²) in [7, 11) is 1.82. The maximum atomic E-state index is 13.1. The summed E-state index contributed by atoms with van der Waals surface area (Å²) in [6.45, 7) is 8.88. The lowest BCUT2D eigenvalue weighted by Crippen LogP contribution is -2.12. The average Bonchev–Trinajstić information content (AvgIpc) is 2.71. The van der Waals surface area contributed by atoms with Crippen LogP contribution in [0.15, 0.2) is 67.4 Å². The quantitative estimate of drug-likeness (QED) is 0.312. The number of hydrogen-bond donors (Lipinski definition) is 2. The summed E-state index contributed by atoms with van der Waals surface area (Å²) in [5, 5.41) is 6.87. The Labute approximate surface area is 173 Å². The van der Waals surface area contributed by atoms with Gasteiger partial charge in [0.2, 0.25) is 0 Å². The second kappa shape index (κ2) is 13.7. The maximum absolute atomic E-state index is 13.1. The second-order valence-corrected chi connectivity index (χ2v) is 6.44. The highest BCUT2D eigenvalue weighted by molar-refractivity contribution is 6.32. The summed E-state index contributed by atoms with van der Waals surface area (Å²) < 4.78 is 13.1. The van der Waals surface area contributed by atoms with E-state index in [-0.39, 0.29) is 5.82 Å². The van der Waals surface area contributed by atoms with Gasteiger partial charge in [-0.1, -0.05) is 55.0 Å². The molecule has 1 heterocycles. The predicted octanol–water partition coefficient (Wildman–Crippen LogP) is 6.25. The second-order valence-electron chi connectivity index (χ2n) is 6.03. The molecule has 0 spiro atoms. The Morgan fingerprint density at radius 2 is 2.07 bits per heavy atom. The van der Waals surface area contributed by atoms with Gasteiger partial charge in [0.25, 0.3) is 0 Å². The molecule has 0 radical (unpaired) electrons. The summed E-state index contributed by atoms with van der Waals surface area (Å²) in [5.74, 6) is 0.571. The van der Waals surface area contributed by atoms with Crippen molar-refractivity contribution in [2.45, 2.75) is 26.8 Å². The number of rotatable bonds is 8. The molecule has 0 amide bonds. The molecule has 3 nitrogen and oxygen atoms in total. The molecule has 1 aromatic carbocycles. The molecule has 28 heavy (non-hydrogen) atoms. The zero-order chi connectivity index (χ0) is 20.8. The van der Waals surface area contributed by atoms with Crippen LogP contribution in [-0.4, -0.2) is 18.6 Å². The van der Waals surface area contributed by atoms with Crippen molar-refractivity contribution < 1.29 is 4.39 Å². The SMILES string of the molecule is C=CCC.CNc1cc(/C(C)=C/C=C\CNCc2cccc(F)c2)c(Cl)cn1. The van der Waals surface area contributed by atoms with Crippen LogP contribution in [0.5, 0.6) is 0 Å². The van der Waals surface area contributed by atoms with E-state index in [0.717, 1.165) is 28.9 Å². The summed E-state index contributed by atoms with van der Waals surface area (Å²) in [6, 6.07) is 8.51. The van der Waals surface area contributed by atoms with Crippen molar-refractivity contribution in [3.05, 3.63) is 89.4 Å². The molecule has 2 rings (SSSR count). The number of hydrogen-bond acceptors (Lipinski definition) is 3. The average molecular weight is 402 g/mol. The van der Waals surface area contributed by atoms with Gasteiger partial charge in [0.15, 0.2) is 0 Å². The fraction of sp³-hybridized carbons (Fsp3) is 0.261. The van der Waals surface area contributed by atoms with E-state index >= 15 is 0 Å². The van der Waals surface area contributed by atoms with Crippen LogP contribution in [0.3, 0.4) is 0 Å². The number of pyridine rings is 1. The van der Waals surface area contributed by atoms with E-state index in [1.165, 1.54) is 12.1 Å². The maximum Gasteiger partial charge on any atom is 0.126 e. The highest BCUT2D eigenvalue weighted by atomic mass is 35.5. The minimum atomic E-state index is -0.210. The molecule has 0 aliphatic heterocycles. The van der Waals surface area contributed by atoms with Crippen molar-refractivity contribution in [2.75, 3.05) is 18.9 Å². The molecule has 1 aromatic heterocycles. The van der Waals surface area contributed by atoms with Gasteiger partial charge in [-0.15, -0.1) is 6.58 Å². The lowest BCUT2D eigenvalue weighted by atomic mass is 10.1. The van der Waals surface area contributed by atoms with Crippen molar-refractivity contribution in [1.82, 2.24) is 10.3 Å². The van der Waals surface area contributed by atoms with Crippen molar-refractivity contribution in [3.63, 3.8) is 0 Å².